The lowest BCUT2D eigenvalue weighted by atomic mass is 10.2. The first-order chi connectivity index (χ1) is 11.2. The molecule has 1 aliphatic rings. The third-order valence-corrected chi connectivity index (χ3v) is 5.47. The number of nitrogens with one attached hydrogen (secondary N) is 1. The fourth-order valence-corrected chi connectivity index (χ4v) is 4.18. The second-order valence-corrected chi connectivity index (χ2v) is 8.24. The molecule has 0 aromatic carbocycles. The van der Waals surface area contributed by atoms with Crippen LogP contribution in [0.15, 0.2) is 28.3 Å². The summed E-state index contributed by atoms with van der Waals surface area (Å²) in [6.45, 7) is 1.60. The van der Waals surface area contributed by atoms with Gasteiger partial charge in [-0.25, -0.2) is 0 Å². The van der Waals surface area contributed by atoms with Crippen molar-refractivity contribution in [1.82, 2.24) is 9.78 Å². The molecular formula is C16H20BrN3O2S. The van der Waals surface area contributed by atoms with E-state index in [-0.39, 0.29) is 12.0 Å². The predicted octanol–water partition coefficient (Wildman–Crippen LogP) is 3.85. The lowest BCUT2D eigenvalue weighted by Crippen LogP contribution is -2.15. The molecule has 7 heteroatoms. The molecule has 1 saturated heterocycles. The monoisotopic (exact) mass is 397 g/mol. The number of halogens is 1. The molecular weight excluding hydrogens is 378 g/mol. The Bertz CT molecular complexity index is 649. The van der Waals surface area contributed by atoms with Gasteiger partial charge < -0.3 is 10.1 Å². The Kier molecular flexibility index (Phi) is 5.85. The van der Waals surface area contributed by atoms with Gasteiger partial charge in [-0.15, -0.1) is 11.3 Å². The van der Waals surface area contributed by atoms with Crippen molar-refractivity contribution in [3.63, 3.8) is 0 Å². The fourth-order valence-electron chi connectivity index (χ4n) is 2.66. The number of hydrogen-bond acceptors (Lipinski definition) is 4. The zero-order valence-corrected chi connectivity index (χ0v) is 15.2. The van der Waals surface area contributed by atoms with E-state index in [4.69, 9.17) is 4.74 Å². The van der Waals surface area contributed by atoms with Gasteiger partial charge in [-0.3, -0.25) is 9.48 Å². The molecule has 5 nitrogen and oxygen atoms in total. The largest absolute Gasteiger partial charge is 0.376 e. The maximum Gasteiger partial charge on any atom is 0.224 e. The number of hydrogen-bond donors (Lipinski definition) is 1. The van der Waals surface area contributed by atoms with Crippen LogP contribution in [0.3, 0.4) is 0 Å². The molecule has 1 atom stereocenters. The van der Waals surface area contributed by atoms with Crippen LogP contribution in [0.4, 0.5) is 5.69 Å². The molecule has 1 N–H and O–H groups in total. The number of nitrogens with zero attached hydrogens (tertiary/aromatic N) is 2. The van der Waals surface area contributed by atoms with Gasteiger partial charge in [0.15, 0.2) is 0 Å². The Morgan fingerprint density at radius 1 is 1.52 bits per heavy atom. The van der Waals surface area contributed by atoms with E-state index in [0.717, 1.165) is 48.3 Å². The summed E-state index contributed by atoms with van der Waals surface area (Å²) >= 11 is 5.17. The molecule has 1 amide bonds. The van der Waals surface area contributed by atoms with E-state index < -0.39 is 0 Å². The lowest BCUT2D eigenvalue weighted by molar-refractivity contribution is -0.116. The van der Waals surface area contributed by atoms with E-state index in [1.807, 2.05) is 16.9 Å². The molecule has 2 aromatic heterocycles. The number of anilines is 1. The summed E-state index contributed by atoms with van der Waals surface area (Å²) in [5.74, 6) is 0.0392. The van der Waals surface area contributed by atoms with Gasteiger partial charge >= 0.3 is 0 Å². The van der Waals surface area contributed by atoms with E-state index >= 15 is 0 Å². The average Bonchev–Trinajstić information content (AvgIpc) is 3.24. The summed E-state index contributed by atoms with van der Waals surface area (Å²) in [5.41, 5.74) is 0.756. The molecule has 0 spiro atoms. The van der Waals surface area contributed by atoms with Crippen LogP contribution < -0.4 is 5.32 Å². The van der Waals surface area contributed by atoms with E-state index in [1.54, 1.807) is 17.5 Å². The topological polar surface area (TPSA) is 56.2 Å². The number of ether oxygens (including phenoxy) is 1. The maximum atomic E-state index is 12.0. The van der Waals surface area contributed by atoms with Crippen LogP contribution in [0.5, 0.6) is 0 Å². The van der Waals surface area contributed by atoms with Gasteiger partial charge in [0.1, 0.15) is 0 Å². The third-order valence-electron chi connectivity index (χ3n) is 3.79. The van der Waals surface area contributed by atoms with Gasteiger partial charge in [-0.2, -0.15) is 5.10 Å². The predicted molar refractivity (Wildman–Crippen MR) is 94.8 cm³/mol. The first-order valence-electron chi connectivity index (χ1n) is 7.87. The molecule has 0 aliphatic carbocycles. The van der Waals surface area contributed by atoms with Crippen molar-refractivity contribution in [3.05, 3.63) is 33.2 Å². The first-order valence-corrected chi connectivity index (χ1v) is 9.48. The van der Waals surface area contributed by atoms with Crippen molar-refractivity contribution < 1.29 is 9.53 Å². The summed E-state index contributed by atoms with van der Waals surface area (Å²) in [6, 6.07) is 4.14. The molecule has 3 rings (SSSR count). The van der Waals surface area contributed by atoms with E-state index in [0.29, 0.717) is 6.42 Å². The Morgan fingerprint density at radius 2 is 2.43 bits per heavy atom. The van der Waals surface area contributed by atoms with Crippen molar-refractivity contribution >= 4 is 38.9 Å². The minimum atomic E-state index is 0.0392. The van der Waals surface area contributed by atoms with E-state index in [2.05, 4.69) is 32.4 Å². The Hall–Kier alpha value is -1.18. The molecule has 1 unspecified atom stereocenters. The highest BCUT2D eigenvalue weighted by atomic mass is 79.9. The molecule has 2 aromatic rings. The van der Waals surface area contributed by atoms with Crippen molar-refractivity contribution in [2.24, 2.45) is 0 Å². The van der Waals surface area contributed by atoms with Gasteiger partial charge in [0.25, 0.3) is 0 Å². The molecule has 23 heavy (non-hydrogen) atoms. The van der Waals surface area contributed by atoms with Crippen molar-refractivity contribution in [3.8, 4) is 0 Å². The summed E-state index contributed by atoms with van der Waals surface area (Å²) in [7, 11) is 0. The molecule has 0 bridgehead atoms. The highest BCUT2D eigenvalue weighted by Gasteiger charge is 2.16. The number of aryl methyl sites for hydroxylation is 1. The van der Waals surface area contributed by atoms with Crippen LogP contribution in [0.25, 0.3) is 0 Å². The number of rotatable bonds is 7. The smallest absolute Gasteiger partial charge is 0.224 e. The SMILES string of the molecule is O=C(CCCc1ccc(Br)s1)Nc1cnn(CC2CCCO2)c1. The molecule has 0 radical (unpaired) electrons. The van der Waals surface area contributed by atoms with Gasteiger partial charge in [0, 0.05) is 24.1 Å². The zero-order chi connectivity index (χ0) is 16.1. The van der Waals surface area contributed by atoms with Gasteiger partial charge in [-0.1, -0.05) is 0 Å². The summed E-state index contributed by atoms with van der Waals surface area (Å²) in [5, 5.41) is 7.19. The second-order valence-electron chi connectivity index (χ2n) is 5.69. The average molecular weight is 398 g/mol. The molecule has 0 saturated carbocycles. The zero-order valence-electron chi connectivity index (χ0n) is 12.8. The molecule has 1 fully saturated rings. The standard InChI is InChI=1S/C16H20BrN3O2S/c17-15-7-6-14(23-15)4-1-5-16(21)19-12-9-18-20(10-12)11-13-3-2-8-22-13/h6-7,9-10,13H,1-5,8,11H2,(H,19,21). The minimum absolute atomic E-state index is 0.0392. The number of thiophene rings is 1. The van der Waals surface area contributed by atoms with Crippen molar-refractivity contribution in [2.45, 2.75) is 44.8 Å². The lowest BCUT2D eigenvalue weighted by Gasteiger charge is -2.08. The van der Waals surface area contributed by atoms with Crippen LogP contribution in [-0.2, 0) is 22.5 Å². The normalized spacial score (nSPS) is 17.5. The third kappa shape index (κ3) is 5.16. The van der Waals surface area contributed by atoms with Gasteiger partial charge in [0.05, 0.1) is 28.3 Å². The summed E-state index contributed by atoms with van der Waals surface area (Å²) < 4.78 is 8.57. The van der Waals surface area contributed by atoms with Crippen LogP contribution >= 0.6 is 27.3 Å². The van der Waals surface area contributed by atoms with Crippen LogP contribution in [-0.4, -0.2) is 28.4 Å². The first kappa shape index (κ1) is 16.7. The summed E-state index contributed by atoms with van der Waals surface area (Å²) in [6.07, 6.45) is 8.33. The highest BCUT2D eigenvalue weighted by molar-refractivity contribution is 9.11. The molecule has 3 heterocycles. The molecule has 1 aliphatic heterocycles. The molecule has 124 valence electrons. The van der Waals surface area contributed by atoms with Crippen LogP contribution in [0.1, 0.15) is 30.6 Å². The van der Waals surface area contributed by atoms with Crippen LogP contribution in [0.2, 0.25) is 0 Å². The van der Waals surface area contributed by atoms with Gasteiger partial charge in [-0.05, 0) is 53.7 Å². The Morgan fingerprint density at radius 3 is 3.17 bits per heavy atom. The Labute approximate surface area is 148 Å². The quantitative estimate of drug-likeness (QED) is 0.771. The van der Waals surface area contributed by atoms with E-state index in [9.17, 15) is 4.79 Å². The van der Waals surface area contributed by atoms with Crippen molar-refractivity contribution in [2.75, 3.05) is 11.9 Å². The van der Waals surface area contributed by atoms with Crippen molar-refractivity contribution in [1.29, 1.82) is 0 Å². The van der Waals surface area contributed by atoms with E-state index in [1.165, 1.54) is 4.88 Å². The van der Waals surface area contributed by atoms with Crippen LogP contribution in [0, 0.1) is 0 Å². The summed E-state index contributed by atoms with van der Waals surface area (Å²) in [4.78, 5) is 13.3. The fraction of sp³-hybridized carbons (Fsp3) is 0.500. The maximum absolute atomic E-state index is 12.0. The number of amides is 1. The second kappa shape index (κ2) is 8.08. The number of carbonyl (C=O) groups excluding carboxylic acids is 1. The Balaban J connectivity index is 1.40. The van der Waals surface area contributed by atoms with Gasteiger partial charge in [0.2, 0.25) is 5.91 Å². The highest BCUT2D eigenvalue weighted by Crippen LogP contribution is 2.23. The minimum Gasteiger partial charge on any atom is -0.376 e. The number of carbonyl (C=O) groups is 1. The number of aromatic nitrogens is 2.